The van der Waals surface area contributed by atoms with Crippen molar-refractivity contribution in [2.45, 2.75) is 0 Å². The molecule has 0 saturated carbocycles. The summed E-state index contributed by atoms with van der Waals surface area (Å²) in [6, 6.07) is 75.5. The van der Waals surface area contributed by atoms with E-state index in [1.807, 2.05) is 11.3 Å². The third kappa shape index (κ3) is 4.96. The van der Waals surface area contributed by atoms with Gasteiger partial charge in [-0.25, -0.2) is 0 Å². The summed E-state index contributed by atoms with van der Waals surface area (Å²) in [5.41, 5.74) is 14.5. The maximum absolute atomic E-state index is 2.47. The maximum atomic E-state index is 2.47. The molecular formula is C54H34N2S. The number of nitrogens with zero attached hydrogens (tertiary/aromatic N) is 2. The van der Waals surface area contributed by atoms with Gasteiger partial charge in [-0.1, -0.05) is 158 Å². The van der Waals surface area contributed by atoms with Crippen LogP contribution in [0.4, 0.5) is 17.1 Å². The minimum atomic E-state index is 1.12. The molecule has 0 bridgehead atoms. The number of anilines is 3. The van der Waals surface area contributed by atoms with Crippen molar-refractivity contribution in [3.05, 3.63) is 206 Å². The smallest absolute Gasteiger partial charge is 0.0621 e. The number of para-hydroxylation sites is 2. The van der Waals surface area contributed by atoms with E-state index in [9.17, 15) is 0 Å². The van der Waals surface area contributed by atoms with Crippen LogP contribution in [0, 0.1) is 0 Å². The molecule has 0 amide bonds. The number of thiophene rings is 1. The topological polar surface area (TPSA) is 7.65 Å². The minimum Gasteiger partial charge on any atom is -0.310 e. The van der Waals surface area contributed by atoms with Crippen LogP contribution in [0.5, 0.6) is 0 Å². The summed E-state index contributed by atoms with van der Waals surface area (Å²) < 4.78 is 5.10. The predicted molar refractivity (Wildman–Crippen MR) is 245 cm³/mol. The van der Waals surface area contributed by atoms with Crippen molar-refractivity contribution in [3.63, 3.8) is 0 Å². The molecule has 0 radical (unpaired) electrons. The van der Waals surface area contributed by atoms with E-state index >= 15 is 0 Å². The van der Waals surface area contributed by atoms with Gasteiger partial charge in [-0.3, -0.25) is 0 Å². The monoisotopic (exact) mass is 742 g/mol. The van der Waals surface area contributed by atoms with Gasteiger partial charge in [0.25, 0.3) is 0 Å². The molecule has 3 aromatic heterocycles. The molecule has 9 aromatic carbocycles. The van der Waals surface area contributed by atoms with Crippen LogP contribution in [-0.2, 0) is 0 Å². The Balaban J connectivity index is 1.02. The quantitative estimate of drug-likeness (QED) is 0.165. The minimum absolute atomic E-state index is 1.12. The summed E-state index contributed by atoms with van der Waals surface area (Å²) in [6.07, 6.45) is 0. The third-order valence-corrected chi connectivity index (χ3v) is 12.9. The molecule has 12 rings (SSSR count). The van der Waals surface area contributed by atoms with E-state index in [1.54, 1.807) is 0 Å². The second-order valence-corrected chi connectivity index (χ2v) is 15.9. The summed E-state index contributed by atoms with van der Waals surface area (Å²) in [5.74, 6) is 0. The zero-order valence-electron chi connectivity index (χ0n) is 30.9. The first-order valence-corrected chi connectivity index (χ1v) is 20.3. The Labute approximate surface area is 334 Å². The van der Waals surface area contributed by atoms with E-state index in [0.29, 0.717) is 0 Å². The number of hydrogen-bond donors (Lipinski definition) is 0. The molecule has 0 aliphatic heterocycles. The fourth-order valence-electron chi connectivity index (χ4n) is 9.13. The van der Waals surface area contributed by atoms with Crippen molar-refractivity contribution in [1.82, 2.24) is 4.40 Å². The van der Waals surface area contributed by atoms with Crippen molar-refractivity contribution in [2.24, 2.45) is 0 Å². The second-order valence-electron chi connectivity index (χ2n) is 14.9. The van der Waals surface area contributed by atoms with Crippen LogP contribution in [0.25, 0.3) is 91.6 Å². The van der Waals surface area contributed by atoms with Gasteiger partial charge in [0.15, 0.2) is 0 Å². The molecule has 0 fully saturated rings. The maximum Gasteiger partial charge on any atom is 0.0621 e. The molecule has 2 nitrogen and oxygen atoms in total. The predicted octanol–water partition coefficient (Wildman–Crippen LogP) is 15.7. The van der Waals surface area contributed by atoms with Crippen molar-refractivity contribution < 1.29 is 0 Å². The first-order chi connectivity index (χ1) is 28.3. The highest BCUT2D eigenvalue weighted by atomic mass is 32.1. The molecule has 0 N–H and O–H groups in total. The molecule has 0 aliphatic carbocycles. The largest absolute Gasteiger partial charge is 0.310 e. The highest BCUT2D eigenvalue weighted by molar-refractivity contribution is 7.26. The summed E-state index contributed by atoms with van der Waals surface area (Å²) in [6.45, 7) is 0. The van der Waals surface area contributed by atoms with Crippen LogP contribution < -0.4 is 4.90 Å². The Morgan fingerprint density at radius 3 is 1.70 bits per heavy atom. The van der Waals surface area contributed by atoms with Gasteiger partial charge in [0.05, 0.1) is 22.2 Å². The van der Waals surface area contributed by atoms with Crippen LogP contribution in [-0.4, -0.2) is 4.40 Å². The molecule has 3 heteroatoms. The number of hydrogen-bond acceptors (Lipinski definition) is 2. The molecule has 12 aromatic rings. The van der Waals surface area contributed by atoms with E-state index in [-0.39, 0.29) is 0 Å². The van der Waals surface area contributed by atoms with Gasteiger partial charge >= 0.3 is 0 Å². The van der Waals surface area contributed by atoms with Gasteiger partial charge in [-0.2, -0.15) is 0 Å². The highest BCUT2D eigenvalue weighted by Crippen LogP contribution is 2.47. The molecule has 0 unspecified atom stereocenters. The van der Waals surface area contributed by atoms with E-state index in [4.69, 9.17) is 0 Å². The lowest BCUT2D eigenvalue weighted by Crippen LogP contribution is -2.10. The first-order valence-electron chi connectivity index (χ1n) is 19.5. The number of fused-ring (bicyclic) bond motifs is 9. The Bertz CT molecular complexity index is 3430. The van der Waals surface area contributed by atoms with Crippen LogP contribution in [0.15, 0.2) is 206 Å². The van der Waals surface area contributed by atoms with Gasteiger partial charge in [-0.15, -0.1) is 11.3 Å². The molecule has 0 saturated heterocycles. The lowest BCUT2D eigenvalue weighted by molar-refractivity contribution is 1.29. The first kappa shape index (κ1) is 32.1. The molecule has 266 valence electrons. The van der Waals surface area contributed by atoms with Crippen LogP contribution in [0.1, 0.15) is 0 Å². The van der Waals surface area contributed by atoms with Crippen LogP contribution >= 0.6 is 11.3 Å². The molecular weight excluding hydrogens is 709 g/mol. The summed E-state index contributed by atoms with van der Waals surface area (Å²) in [7, 11) is 0. The van der Waals surface area contributed by atoms with Gasteiger partial charge in [-0.05, 0) is 81.9 Å². The zero-order chi connectivity index (χ0) is 37.5. The van der Waals surface area contributed by atoms with Gasteiger partial charge < -0.3 is 9.30 Å². The molecule has 3 heterocycles. The summed E-state index contributed by atoms with van der Waals surface area (Å²) in [4.78, 5) is 2.44. The highest BCUT2D eigenvalue weighted by Gasteiger charge is 2.23. The second kappa shape index (κ2) is 12.7. The van der Waals surface area contributed by atoms with Crippen LogP contribution in [0.3, 0.4) is 0 Å². The third-order valence-electron chi connectivity index (χ3n) is 11.7. The van der Waals surface area contributed by atoms with Crippen molar-refractivity contribution in [1.29, 1.82) is 0 Å². The lowest BCUT2D eigenvalue weighted by Gasteiger charge is -2.27. The van der Waals surface area contributed by atoms with Crippen molar-refractivity contribution in [3.8, 4) is 33.4 Å². The normalized spacial score (nSPS) is 11.9. The Morgan fingerprint density at radius 1 is 0.368 bits per heavy atom. The van der Waals surface area contributed by atoms with Crippen LogP contribution in [0.2, 0.25) is 0 Å². The van der Waals surface area contributed by atoms with Crippen molar-refractivity contribution in [2.75, 3.05) is 4.90 Å². The summed E-state index contributed by atoms with van der Waals surface area (Å²) >= 11 is 1.89. The summed E-state index contributed by atoms with van der Waals surface area (Å²) in [5, 5.41) is 7.72. The Kier molecular flexibility index (Phi) is 7.13. The number of aromatic nitrogens is 1. The number of benzene rings is 9. The van der Waals surface area contributed by atoms with Gasteiger partial charge in [0.1, 0.15) is 0 Å². The average Bonchev–Trinajstić information content (AvgIpc) is 3.95. The van der Waals surface area contributed by atoms with E-state index in [0.717, 1.165) is 17.1 Å². The zero-order valence-corrected chi connectivity index (χ0v) is 31.7. The van der Waals surface area contributed by atoms with Crippen molar-refractivity contribution >= 4 is 86.7 Å². The van der Waals surface area contributed by atoms with Gasteiger partial charge in [0.2, 0.25) is 0 Å². The number of rotatable bonds is 6. The Morgan fingerprint density at radius 2 is 0.930 bits per heavy atom. The molecule has 0 spiro atoms. The Hall–Kier alpha value is -7.20. The van der Waals surface area contributed by atoms with E-state index in [2.05, 4.69) is 216 Å². The SMILES string of the molecule is c1ccc(-c2ccc(N(c3ccc(-c4cccc5c4sc4cc(-c6ccccc6)ccc45)cc3)c3cccc4c3c3cccc5c6ccccc6n4c53)cc2)cc1. The average molecular weight is 743 g/mol. The molecule has 0 aliphatic rings. The van der Waals surface area contributed by atoms with E-state index in [1.165, 1.54) is 91.6 Å². The van der Waals surface area contributed by atoms with E-state index < -0.39 is 0 Å². The fraction of sp³-hybridized carbons (Fsp3) is 0. The molecule has 0 atom stereocenters. The standard InChI is InChI=1S/C54H34N2S/c1-3-12-35(13-4-1)37-24-29-40(30-25-37)55(49-22-11-23-50-52(49)47-20-10-18-45-43-16-7-8-21-48(43)56(50)53(45)47)41-31-26-38(27-32-41)42-17-9-19-46-44-33-28-39(34-51(44)57-54(42)46)36-14-5-2-6-15-36/h1-34H. The van der Waals surface area contributed by atoms with Gasteiger partial charge in [0, 0.05) is 53.1 Å². The lowest BCUT2D eigenvalue weighted by atomic mass is 10.00. The fourth-order valence-corrected chi connectivity index (χ4v) is 10.4. The molecule has 57 heavy (non-hydrogen) atoms.